The third kappa shape index (κ3) is 3.81. The predicted molar refractivity (Wildman–Crippen MR) is 89.4 cm³/mol. The molecule has 7 heteroatoms. The molecule has 0 aliphatic heterocycles. The number of methoxy groups -OCH3 is 1. The molecular weight excluding hydrogens is 294 g/mol. The van der Waals surface area contributed by atoms with Crippen LogP contribution in [0, 0.1) is 0 Å². The highest BCUT2D eigenvalue weighted by Gasteiger charge is 2.18. The summed E-state index contributed by atoms with van der Waals surface area (Å²) in [4.78, 5) is 14.3. The lowest BCUT2D eigenvalue weighted by atomic mass is 10.1. The molecule has 1 heterocycles. The van der Waals surface area contributed by atoms with Gasteiger partial charge in [-0.2, -0.15) is 5.10 Å². The van der Waals surface area contributed by atoms with E-state index in [1.807, 2.05) is 38.4 Å². The summed E-state index contributed by atoms with van der Waals surface area (Å²) in [6.45, 7) is 0.465. The van der Waals surface area contributed by atoms with Gasteiger partial charge in [0.05, 0.1) is 19.3 Å². The number of benzene rings is 1. The van der Waals surface area contributed by atoms with Gasteiger partial charge in [0, 0.05) is 13.6 Å². The molecular formula is C16H23N5O2. The van der Waals surface area contributed by atoms with Crippen LogP contribution in [-0.4, -0.2) is 48.3 Å². The molecule has 7 nitrogen and oxygen atoms in total. The second-order valence-electron chi connectivity index (χ2n) is 5.53. The number of carbonyl (C=O) groups excluding carboxylic acids is 1. The first-order valence-electron chi connectivity index (χ1n) is 7.30. The number of hydrogen-bond donors (Lipinski definition) is 2. The van der Waals surface area contributed by atoms with Crippen molar-refractivity contribution in [1.29, 1.82) is 0 Å². The smallest absolute Gasteiger partial charge is 0.256 e. The van der Waals surface area contributed by atoms with Gasteiger partial charge in [-0.05, 0) is 31.8 Å². The summed E-state index contributed by atoms with van der Waals surface area (Å²) in [7, 11) is 7.28. The molecule has 1 unspecified atom stereocenters. The molecule has 1 atom stereocenters. The monoisotopic (exact) mass is 317 g/mol. The maximum absolute atomic E-state index is 12.3. The molecule has 0 spiro atoms. The van der Waals surface area contributed by atoms with Crippen molar-refractivity contribution >= 4 is 11.7 Å². The number of aromatic nitrogens is 2. The SMILES string of the molecule is COc1ccc(C(CNC(=O)c2cnn(C)c2N)N(C)C)cc1. The van der Waals surface area contributed by atoms with E-state index >= 15 is 0 Å². The number of rotatable bonds is 6. The number of amides is 1. The number of hydrogen-bond acceptors (Lipinski definition) is 5. The van der Waals surface area contributed by atoms with Crippen molar-refractivity contribution in [1.82, 2.24) is 20.0 Å². The number of ether oxygens (including phenoxy) is 1. The lowest BCUT2D eigenvalue weighted by molar-refractivity contribution is 0.0942. The second-order valence-corrected chi connectivity index (χ2v) is 5.53. The van der Waals surface area contributed by atoms with Crippen molar-refractivity contribution in [3.63, 3.8) is 0 Å². The summed E-state index contributed by atoms with van der Waals surface area (Å²) < 4.78 is 6.65. The zero-order chi connectivity index (χ0) is 17.0. The number of carbonyl (C=O) groups is 1. The number of nitrogen functional groups attached to an aromatic ring is 1. The third-order valence-corrected chi connectivity index (χ3v) is 3.81. The van der Waals surface area contributed by atoms with Crippen LogP contribution < -0.4 is 15.8 Å². The summed E-state index contributed by atoms with van der Waals surface area (Å²) in [5.41, 5.74) is 7.31. The summed E-state index contributed by atoms with van der Waals surface area (Å²) in [6, 6.07) is 7.85. The highest BCUT2D eigenvalue weighted by Crippen LogP contribution is 2.21. The minimum Gasteiger partial charge on any atom is -0.497 e. The van der Waals surface area contributed by atoms with Gasteiger partial charge in [-0.1, -0.05) is 12.1 Å². The molecule has 124 valence electrons. The van der Waals surface area contributed by atoms with Crippen LogP contribution in [0.2, 0.25) is 0 Å². The van der Waals surface area contributed by atoms with Crippen molar-refractivity contribution in [3.8, 4) is 5.75 Å². The molecule has 0 fully saturated rings. The fourth-order valence-electron chi connectivity index (χ4n) is 2.33. The lowest BCUT2D eigenvalue weighted by Gasteiger charge is -2.25. The topological polar surface area (TPSA) is 85.4 Å². The van der Waals surface area contributed by atoms with Gasteiger partial charge in [-0.3, -0.25) is 9.48 Å². The summed E-state index contributed by atoms with van der Waals surface area (Å²) in [5.74, 6) is 0.933. The number of nitrogens with two attached hydrogens (primary N) is 1. The van der Waals surface area contributed by atoms with E-state index in [0.29, 0.717) is 17.9 Å². The van der Waals surface area contributed by atoms with E-state index in [1.165, 1.54) is 10.9 Å². The molecule has 23 heavy (non-hydrogen) atoms. The van der Waals surface area contributed by atoms with Crippen LogP contribution >= 0.6 is 0 Å². The van der Waals surface area contributed by atoms with Gasteiger partial charge >= 0.3 is 0 Å². The first-order valence-corrected chi connectivity index (χ1v) is 7.30. The van der Waals surface area contributed by atoms with Crippen molar-refractivity contribution in [2.24, 2.45) is 7.05 Å². The zero-order valence-corrected chi connectivity index (χ0v) is 13.9. The van der Waals surface area contributed by atoms with Crippen molar-refractivity contribution < 1.29 is 9.53 Å². The highest BCUT2D eigenvalue weighted by atomic mass is 16.5. The Morgan fingerprint density at radius 3 is 2.52 bits per heavy atom. The Labute approximate surface area is 136 Å². The van der Waals surface area contributed by atoms with Crippen LogP contribution in [0.4, 0.5) is 5.82 Å². The van der Waals surface area contributed by atoms with Crippen LogP contribution in [0.25, 0.3) is 0 Å². The average Bonchev–Trinajstić information content (AvgIpc) is 2.87. The Balaban J connectivity index is 2.07. The Morgan fingerprint density at radius 2 is 2.04 bits per heavy atom. The van der Waals surface area contributed by atoms with Crippen molar-refractivity contribution in [2.75, 3.05) is 33.5 Å². The Hall–Kier alpha value is -2.54. The van der Waals surface area contributed by atoms with Crippen LogP contribution in [-0.2, 0) is 7.05 Å². The van der Waals surface area contributed by atoms with Crippen molar-refractivity contribution in [2.45, 2.75) is 6.04 Å². The van der Waals surface area contributed by atoms with E-state index in [-0.39, 0.29) is 11.9 Å². The van der Waals surface area contributed by atoms with E-state index in [9.17, 15) is 4.79 Å². The standard InChI is InChI=1S/C16H23N5O2/c1-20(2)14(11-5-7-12(23-4)8-6-11)10-18-16(22)13-9-19-21(3)15(13)17/h5-9,14H,10,17H2,1-4H3,(H,18,22). The first kappa shape index (κ1) is 16.8. The summed E-state index contributed by atoms with van der Waals surface area (Å²) in [6.07, 6.45) is 1.47. The molecule has 0 radical (unpaired) electrons. The zero-order valence-electron chi connectivity index (χ0n) is 13.9. The van der Waals surface area contributed by atoms with Gasteiger partial charge in [0.15, 0.2) is 0 Å². The van der Waals surface area contributed by atoms with E-state index in [0.717, 1.165) is 11.3 Å². The number of aryl methyl sites for hydroxylation is 1. The Morgan fingerprint density at radius 1 is 1.39 bits per heavy atom. The van der Waals surface area contributed by atoms with Gasteiger partial charge in [0.2, 0.25) is 0 Å². The van der Waals surface area contributed by atoms with Crippen LogP contribution in [0.1, 0.15) is 22.0 Å². The molecule has 0 saturated carbocycles. The molecule has 1 aromatic heterocycles. The summed E-state index contributed by atoms with van der Waals surface area (Å²) in [5, 5.41) is 6.90. The fourth-order valence-corrected chi connectivity index (χ4v) is 2.33. The fraction of sp³-hybridized carbons (Fsp3) is 0.375. The number of nitrogens with zero attached hydrogens (tertiary/aromatic N) is 3. The highest BCUT2D eigenvalue weighted by molar-refractivity contribution is 5.98. The molecule has 2 rings (SSSR count). The van der Waals surface area contributed by atoms with Gasteiger partial charge in [-0.25, -0.2) is 0 Å². The predicted octanol–water partition coefficient (Wildman–Crippen LogP) is 1.04. The van der Waals surface area contributed by atoms with Gasteiger partial charge in [0.1, 0.15) is 17.1 Å². The van der Waals surface area contributed by atoms with Crippen molar-refractivity contribution in [3.05, 3.63) is 41.6 Å². The molecule has 1 amide bonds. The van der Waals surface area contributed by atoms with Crippen LogP contribution in [0.5, 0.6) is 5.75 Å². The quantitative estimate of drug-likeness (QED) is 0.831. The molecule has 1 aromatic carbocycles. The molecule has 0 aliphatic rings. The Bertz CT molecular complexity index is 664. The van der Waals surface area contributed by atoms with E-state index in [1.54, 1.807) is 14.2 Å². The molecule has 0 saturated heterocycles. The average molecular weight is 317 g/mol. The molecule has 2 aromatic rings. The molecule has 0 aliphatic carbocycles. The lowest BCUT2D eigenvalue weighted by Crippen LogP contribution is -2.34. The molecule has 0 bridgehead atoms. The van der Waals surface area contributed by atoms with Gasteiger partial charge in [-0.15, -0.1) is 0 Å². The summed E-state index contributed by atoms with van der Waals surface area (Å²) >= 11 is 0. The van der Waals surface area contributed by atoms with E-state index < -0.39 is 0 Å². The maximum Gasteiger partial charge on any atom is 0.256 e. The maximum atomic E-state index is 12.3. The number of anilines is 1. The largest absolute Gasteiger partial charge is 0.497 e. The first-order chi connectivity index (χ1) is 10.9. The second kappa shape index (κ2) is 7.15. The van der Waals surface area contributed by atoms with E-state index in [4.69, 9.17) is 10.5 Å². The van der Waals surface area contributed by atoms with Gasteiger partial charge < -0.3 is 20.7 Å². The van der Waals surface area contributed by atoms with Crippen LogP contribution in [0.3, 0.4) is 0 Å². The number of likely N-dealkylation sites (N-methyl/N-ethyl adjacent to an activating group) is 1. The molecule has 3 N–H and O–H groups in total. The minimum atomic E-state index is -0.226. The van der Waals surface area contributed by atoms with Gasteiger partial charge in [0.25, 0.3) is 5.91 Å². The normalized spacial score (nSPS) is 12.2. The Kier molecular flexibility index (Phi) is 5.23. The minimum absolute atomic E-state index is 0.0442. The third-order valence-electron chi connectivity index (χ3n) is 3.81. The number of nitrogens with one attached hydrogen (secondary N) is 1. The van der Waals surface area contributed by atoms with E-state index in [2.05, 4.69) is 15.3 Å². The van der Waals surface area contributed by atoms with Crippen LogP contribution in [0.15, 0.2) is 30.5 Å².